The number of benzene rings is 1. The van der Waals surface area contributed by atoms with Gasteiger partial charge < -0.3 is 14.7 Å². The van der Waals surface area contributed by atoms with Gasteiger partial charge in [-0.15, -0.1) is 11.3 Å². The Balaban J connectivity index is 1.36. The van der Waals surface area contributed by atoms with Gasteiger partial charge >= 0.3 is 0 Å². The zero-order valence-electron chi connectivity index (χ0n) is 16.8. The largest absolute Gasteiger partial charge is 0.504 e. The van der Waals surface area contributed by atoms with E-state index >= 15 is 0 Å². The zero-order chi connectivity index (χ0) is 19.3. The highest BCUT2D eigenvalue weighted by Gasteiger charge is 2.34. The molecule has 1 atom stereocenters. The lowest BCUT2D eigenvalue weighted by Gasteiger charge is -2.40. The summed E-state index contributed by atoms with van der Waals surface area (Å²) in [6, 6.07) is 6.80. The molecule has 6 heteroatoms. The second kappa shape index (κ2) is 7.34. The molecule has 0 spiro atoms. The number of fused-ring (bicyclic) bond motifs is 4. The number of nitrogens with zero attached hydrogens (tertiary/aromatic N) is 3. The summed E-state index contributed by atoms with van der Waals surface area (Å²) in [4.78, 5) is 10.6. The van der Waals surface area contributed by atoms with Gasteiger partial charge in [-0.1, -0.05) is 0 Å². The molecular weight excluding hydrogens is 370 g/mol. The number of ether oxygens (including phenoxy) is 1. The van der Waals surface area contributed by atoms with Crippen molar-refractivity contribution in [2.75, 3.05) is 46.9 Å². The van der Waals surface area contributed by atoms with Crippen molar-refractivity contribution >= 4 is 11.3 Å². The first-order valence-electron chi connectivity index (χ1n) is 10.3. The van der Waals surface area contributed by atoms with Crippen LogP contribution in [-0.2, 0) is 25.9 Å². The van der Waals surface area contributed by atoms with Crippen LogP contribution in [0.25, 0.3) is 0 Å². The van der Waals surface area contributed by atoms with Gasteiger partial charge in [-0.25, -0.2) is 0 Å². The molecule has 1 aromatic heterocycles. The minimum Gasteiger partial charge on any atom is -0.504 e. The normalized spacial score (nSPS) is 23.1. The van der Waals surface area contributed by atoms with Gasteiger partial charge in [0, 0.05) is 68.0 Å². The van der Waals surface area contributed by atoms with Crippen LogP contribution < -0.4 is 4.74 Å². The summed E-state index contributed by atoms with van der Waals surface area (Å²) in [5.74, 6) is 0.852. The molecule has 0 aliphatic carbocycles. The fraction of sp³-hybridized carbons (Fsp3) is 0.545. The van der Waals surface area contributed by atoms with Crippen molar-refractivity contribution < 1.29 is 9.84 Å². The van der Waals surface area contributed by atoms with Crippen LogP contribution in [0.1, 0.15) is 32.5 Å². The number of methoxy groups -OCH3 is 1. The SMILES string of the molecule is COc1cc2c(cc1O)C1Cc3sc(CN4CCN(C)CC4)cc3CN1CC2. The Morgan fingerprint density at radius 1 is 1.11 bits per heavy atom. The van der Waals surface area contributed by atoms with Gasteiger partial charge in [-0.05, 0) is 48.4 Å². The minimum atomic E-state index is 0.260. The number of thiophene rings is 1. The number of likely N-dealkylation sites (N-methyl/N-ethyl adjacent to an activating group) is 1. The van der Waals surface area contributed by atoms with Gasteiger partial charge in [0.05, 0.1) is 7.11 Å². The molecule has 5 rings (SSSR count). The van der Waals surface area contributed by atoms with Crippen molar-refractivity contribution in [2.24, 2.45) is 0 Å². The first-order valence-corrected chi connectivity index (χ1v) is 11.1. The summed E-state index contributed by atoms with van der Waals surface area (Å²) in [7, 11) is 3.83. The van der Waals surface area contributed by atoms with Gasteiger partial charge in [0.2, 0.25) is 0 Å². The summed E-state index contributed by atoms with van der Waals surface area (Å²) in [6.45, 7) is 7.88. The van der Waals surface area contributed by atoms with Crippen LogP contribution in [0.2, 0.25) is 0 Å². The summed E-state index contributed by atoms with van der Waals surface area (Å²) in [5, 5.41) is 10.3. The van der Waals surface area contributed by atoms with Crippen LogP contribution in [0.5, 0.6) is 11.5 Å². The average molecular weight is 400 g/mol. The lowest BCUT2D eigenvalue weighted by molar-refractivity contribution is 0.149. The van der Waals surface area contributed by atoms with Gasteiger partial charge in [-0.3, -0.25) is 9.80 Å². The number of phenolic OH excluding ortho intramolecular Hbond substituents is 1. The highest BCUT2D eigenvalue weighted by Crippen LogP contribution is 2.43. The predicted octanol–water partition coefficient (Wildman–Crippen LogP) is 2.87. The number of phenols is 1. The van der Waals surface area contributed by atoms with Gasteiger partial charge in [0.1, 0.15) is 0 Å². The van der Waals surface area contributed by atoms with Crippen molar-refractivity contribution in [1.82, 2.24) is 14.7 Å². The first kappa shape index (κ1) is 18.4. The number of hydrogen-bond acceptors (Lipinski definition) is 6. The molecule has 3 aliphatic rings. The summed E-state index contributed by atoms with van der Waals surface area (Å²) in [6.07, 6.45) is 2.08. The molecule has 28 heavy (non-hydrogen) atoms. The second-order valence-corrected chi connectivity index (χ2v) is 9.63. The molecule has 4 heterocycles. The molecule has 1 saturated heterocycles. The first-order chi connectivity index (χ1) is 13.6. The van der Waals surface area contributed by atoms with Crippen molar-refractivity contribution in [1.29, 1.82) is 0 Å². The molecule has 1 N–H and O–H groups in total. The monoisotopic (exact) mass is 399 g/mol. The zero-order valence-corrected chi connectivity index (χ0v) is 17.6. The van der Waals surface area contributed by atoms with Gasteiger partial charge in [-0.2, -0.15) is 0 Å². The standard InChI is InChI=1S/C22H29N3O2S/c1-23-5-7-24(8-6-23)14-17-9-16-13-25-4-3-15-10-21(27-2)20(26)11-18(15)19(25)12-22(16)28-17/h9-11,19,26H,3-8,12-14H2,1-2H3. The number of aromatic hydroxyl groups is 1. The Bertz CT molecular complexity index is 873. The lowest BCUT2D eigenvalue weighted by Crippen LogP contribution is -2.43. The third-order valence-electron chi connectivity index (χ3n) is 6.58. The Morgan fingerprint density at radius 2 is 1.93 bits per heavy atom. The maximum Gasteiger partial charge on any atom is 0.160 e. The predicted molar refractivity (Wildman–Crippen MR) is 112 cm³/mol. The van der Waals surface area contributed by atoms with E-state index < -0.39 is 0 Å². The van der Waals surface area contributed by atoms with E-state index in [4.69, 9.17) is 4.74 Å². The molecule has 0 amide bonds. The van der Waals surface area contributed by atoms with E-state index in [1.165, 1.54) is 52.6 Å². The minimum absolute atomic E-state index is 0.260. The van der Waals surface area contributed by atoms with Crippen LogP contribution in [-0.4, -0.2) is 66.7 Å². The molecule has 150 valence electrons. The average Bonchev–Trinajstić information content (AvgIpc) is 3.08. The molecule has 0 bridgehead atoms. The smallest absolute Gasteiger partial charge is 0.160 e. The fourth-order valence-electron chi connectivity index (χ4n) is 4.90. The maximum absolute atomic E-state index is 10.3. The Morgan fingerprint density at radius 3 is 2.71 bits per heavy atom. The van der Waals surface area contributed by atoms with Crippen LogP contribution in [0, 0.1) is 0 Å². The number of rotatable bonds is 3. The number of hydrogen-bond donors (Lipinski definition) is 1. The molecule has 1 fully saturated rings. The van der Waals surface area contributed by atoms with E-state index in [9.17, 15) is 5.11 Å². The van der Waals surface area contributed by atoms with Crippen molar-refractivity contribution in [3.05, 3.63) is 44.6 Å². The Kier molecular flexibility index (Phi) is 4.83. The Hall–Kier alpha value is -1.60. The quantitative estimate of drug-likeness (QED) is 0.859. The topological polar surface area (TPSA) is 39.2 Å². The van der Waals surface area contributed by atoms with Crippen molar-refractivity contribution in [3.63, 3.8) is 0 Å². The molecular formula is C22H29N3O2S. The summed E-state index contributed by atoms with van der Waals surface area (Å²) >= 11 is 2.00. The van der Waals surface area contributed by atoms with Crippen LogP contribution in [0.4, 0.5) is 0 Å². The molecule has 0 radical (unpaired) electrons. The van der Waals surface area contributed by atoms with Gasteiger partial charge in [0.15, 0.2) is 11.5 Å². The van der Waals surface area contributed by atoms with E-state index in [1.807, 2.05) is 23.5 Å². The van der Waals surface area contributed by atoms with E-state index in [0.717, 1.165) is 32.5 Å². The van der Waals surface area contributed by atoms with Crippen molar-refractivity contribution in [3.8, 4) is 11.5 Å². The molecule has 1 unspecified atom stereocenters. The maximum atomic E-state index is 10.3. The van der Waals surface area contributed by atoms with Crippen LogP contribution in [0.3, 0.4) is 0 Å². The molecule has 1 aromatic carbocycles. The third-order valence-corrected chi connectivity index (χ3v) is 7.77. The summed E-state index contributed by atoms with van der Waals surface area (Å²) < 4.78 is 5.32. The lowest BCUT2D eigenvalue weighted by atomic mass is 9.86. The highest BCUT2D eigenvalue weighted by molar-refractivity contribution is 7.12. The molecule has 5 nitrogen and oxygen atoms in total. The molecule has 3 aliphatic heterocycles. The molecule has 0 saturated carbocycles. The summed E-state index contributed by atoms with van der Waals surface area (Å²) in [5.41, 5.74) is 4.13. The van der Waals surface area contributed by atoms with E-state index in [-0.39, 0.29) is 5.75 Å². The van der Waals surface area contributed by atoms with Crippen molar-refractivity contribution in [2.45, 2.75) is 32.0 Å². The second-order valence-electron chi connectivity index (χ2n) is 8.40. The fourth-order valence-corrected chi connectivity index (χ4v) is 6.16. The Labute approximate surface area is 171 Å². The molecule has 2 aromatic rings. The van der Waals surface area contributed by atoms with Gasteiger partial charge in [0.25, 0.3) is 0 Å². The van der Waals surface area contributed by atoms with Crippen LogP contribution >= 0.6 is 11.3 Å². The highest BCUT2D eigenvalue weighted by atomic mass is 32.1. The van der Waals surface area contributed by atoms with E-state index in [0.29, 0.717) is 11.8 Å². The van der Waals surface area contributed by atoms with E-state index in [2.05, 4.69) is 27.8 Å². The third kappa shape index (κ3) is 3.32. The number of piperazine rings is 1. The van der Waals surface area contributed by atoms with E-state index in [1.54, 1.807) is 7.11 Å². The van der Waals surface area contributed by atoms with Crippen LogP contribution in [0.15, 0.2) is 18.2 Å².